The van der Waals surface area contributed by atoms with Crippen LogP contribution in [0.25, 0.3) is 0 Å². The zero-order valence-corrected chi connectivity index (χ0v) is 9.10. The second kappa shape index (κ2) is 3.91. The molecular formula is C8H17S2. The van der Waals surface area contributed by atoms with Crippen molar-refractivity contribution in [3.8, 4) is 0 Å². The second-order valence-electron chi connectivity index (χ2n) is 3.84. The lowest BCUT2D eigenvalue weighted by Gasteiger charge is -2.23. The molecule has 1 atom stereocenters. The van der Waals surface area contributed by atoms with E-state index >= 15 is 0 Å². The Morgan fingerprint density at radius 1 is 1.20 bits per heavy atom. The minimum absolute atomic E-state index is 0.316. The highest BCUT2D eigenvalue weighted by Gasteiger charge is 2.18. The number of rotatable bonds is 2. The molecule has 0 aromatic rings. The Morgan fingerprint density at radius 3 is 1.70 bits per heavy atom. The summed E-state index contributed by atoms with van der Waals surface area (Å²) in [6, 6.07) is 0. The van der Waals surface area contributed by atoms with Crippen molar-refractivity contribution in [3.05, 3.63) is 0 Å². The lowest BCUT2D eigenvalue weighted by molar-refractivity contribution is 0.708. The molecule has 0 amide bonds. The smallest absolute Gasteiger partial charge is 0.0634 e. The Kier molecular flexibility index (Phi) is 4.19. The highest BCUT2D eigenvalue weighted by Crippen LogP contribution is 2.33. The number of thioether (sulfide) groups is 1. The third-order valence-electron chi connectivity index (χ3n) is 1.01. The van der Waals surface area contributed by atoms with Crippen LogP contribution < -0.4 is 0 Å². The van der Waals surface area contributed by atoms with Crippen molar-refractivity contribution in [3.63, 3.8) is 0 Å². The second-order valence-corrected chi connectivity index (χ2v) is 6.62. The van der Waals surface area contributed by atoms with E-state index in [1.54, 1.807) is 0 Å². The molecule has 0 N–H and O–H groups in total. The van der Waals surface area contributed by atoms with Crippen molar-refractivity contribution >= 4 is 24.4 Å². The van der Waals surface area contributed by atoms with Crippen LogP contribution >= 0.6 is 24.4 Å². The molecule has 0 aromatic carbocycles. The topological polar surface area (TPSA) is 0 Å². The molecule has 0 spiro atoms. The van der Waals surface area contributed by atoms with Gasteiger partial charge in [-0.05, 0) is 5.92 Å². The fourth-order valence-electron chi connectivity index (χ4n) is 0.485. The molecule has 0 aliphatic heterocycles. The van der Waals surface area contributed by atoms with Crippen LogP contribution in [0.15, 0.2) is 0 Å². The van der Waals surface area contributed by atoms with Crippen LogP contribution in [0.4, 0.5) is 0 Å². The molecule has 1 unspecified atom stereocenters. The maximum Gasteiger partial charge on any atom is 0.0634 e. The zero-order chi connectivity index (χ0) is 8.36. The van der Waals surface area contributed by atoms with Gasteiger partial charge in [-0.1, -0.05) is 47.2 Å². The highest BCUT2D eigenvalue weighted by atomic mass is 32.2. The molecule has 0 rings (SSSR count). The summed E-state index contributed by atoms with van der Waals surface area (Å²) in [4.78, 5) is 0. The summed E-state index contributed by atoms with van der Waals surface area (Å²) in [5.41, 5.74) is 0. The van der Waals surface area contributed by atoms with Gasteiger partial charge in [-0.2, -0.15) is 0 Å². The van der Waals surface area contributed by atoms with Crippen LogP contribution in [0.2, 0.25) is 0 Å². The standard InChI is InChI=1S/C8H17S2/c1-6(2)7(9)10-8(3,4)5/h6-7H,1-5H3. The third-order valence-corrected chi connectivity index (χ3v) is 3.33. The highest BCUT2D eigenvalue weighted by molar-refractivity contribution is 8.11. The summed E-state index contributed by atoms with van der Waals surface area (Å²) in [5.74, 6) is 0.610. The maximum absolute atomic E-state index is 5.27. The van der Waals surface area contributed by atoms with E-state index in [4.69, 9.17) is 12.6 Å². The van der Waals surface area contributed by atoms with Crippen LogP contribution in [0, 0.1) is 5.92 Å². The first-order valence-corrected chi connectivity index (χ1v) is 5.01. The molecule has 0 heterocycles. The molecule has 2 heteroatoms. The van der Waals surface area contributed by atoms with Crippen LogP contribution in [-0.4, -0.2) is 9.33 Å². The molecule has 61 valence electrons. The molecular weight excluding hydrogens is 160 g/mol. The van der Waals surface area contributed by atoms with Gasteiger partial charge >= 0.3 is 0 Å². The van der Waals surface area contributed by atoms with E-state index in [0.717, 1.165) is 0 Å². The number of hydrogen-bond donors (Lipinski definition) is 0. The zero-order valence-electron chi connectivity index (χ0n) is 7.47. The first-order chi connectivity index (χ1) is 4.33. The van der Waals surface area contributed by atoms with E-state index in [1.165, 1.54) is 0 Å². The predicted molar refractivity (Wildman–Crippen MR) is 53.6 cm³/mol. The van der Waals surface area contributed by atoms with Gasteiger partial charge in [-0.15, -0.1) is 11.8 Å². The van der Waals surface area contributed by atoms with Crippen molar-refractivity contribution in [2.24, 2.45) is 5.92 Å². The van der Waals surface area contributed by atoms with E-state index < -0.39 is 0 Å². The predicted octanol–water partition coefficient (Wildman–Crippen LogP) is 3.70. The van der Waals surface area contributed by atoms with Gasteiger partial charge in [0, 0.05) is 4.75 Å². The van der Waals surface area contributed by atoms with E-state index in [-0.39, 0.29) is 0 Å². The normalized spacial score (nSPS) is 15.9. The van der Waals surface area contributed by atoms with Gasteiger partial charge in [0.15, 0.2) is 0 Å². The minimum atomic E-state index is 0.316. The molecule has 10 heavy (non-hydrogen) atoms. The van der Waals surface area contributed by atoms with E-state index in [1.807, 2.05) is 11.8 Å². The Balaban J connectivity index is 3.68. The van der Waals surface area contributed by atoms with Crippen LogP contribution in [-0.2, 0) is 0 Å². The molecule has 0 aliphatic carbocycles. The first kappa shape index (κ1) is 10.7. The van der Waals surface area contributed by atoms with Gasteiger partial charge in [0.2, 0.25) is 0 Å². The van der Waals surface area contributed by atoms with Crippen molar-refractivity contribution in [2.75, 3.05) is 0 Å². The molecule has 0 nitrogen and oxygen atoms in total. The summed E-state index contributed by atoms with van der Waals surface area (Å²) in [5, 5.41) is 0. The summed E-state index contributed by atoms with van der Waals surface area (Å²) >= 11 is 7.15. The fraction of sp³-hybridized carbons (Fsp3) is 1.00. The molecule has 0 bridgehead atoms. The molecule has 0 fully saturated rings. The molecule has 0 aliphatic rings. The first-order valence-electron chi connectivity index (χ1n) is 3.66. The summed E-state index contributed by atoms with van der Waals surface area (Å²) in [6.07, 6.45) is 0. The van der Waals surface area contributed by atoms with Crippen molar-refractivity contribution in [2.45, 2.75) is 43.9 Å². The third kappa shape index (κ3) is 5.48. The average Bonchev–Trinajstić information content (AvgIpc) is 1.60. The minimum Gasteiger partial charge on any atom is -0.140 e. The Hall–Kier alpha value is 0.700. The lowest BCUT2D eigenvalue weighted by atomic mass is 10.2. The van der Waals surface area contributed by atoms with Gasteiger partial charge < -0.3 is 0 Å². The SMILES string of the molecule is CC(C)C([S])SC(C)(C)C. The van der Waals surface area contributed by atoms with E-state index in [9.17, 15) is 0 Å². The van der Waals surface area contributed by atoms with E-state index in [2.05, 4.69) is 34.6 Å². The largest absolute Gasteiger partial charge is 0.140 e. The molecule has 0 aromatic heterocycles. The van der Waals surface area contributed by atoms with Crippen molar-refractivity contribution < 1.29 is 0 Å². The summed E-state index contributed by atoms with van der Waals surface area (Å²) in [7, 11) is 0. The molecule has 1 radical (unpaired) electrons. The van der Waals surface area contributed by atoms with Crippen LogP contribution in [0.3, 0.4) is 0 Å². The Labute approximate surface area is 74.6 Å². The van der Waals surface area contributed by atoms with Gasteiger partial charge in [-0.3, -0.25) is 0 Å². The molecule has 0 saturated heterocycles. The monoisotopic (exact) mass is 177 g/mol. The van der Waals surface area contributed by atoms with Crippen molar-refractivity contribution in [1.82, 2.24) is 0 Å². The van der Waals surface area contributed by atoms with Crippen molar-refractivity contribution in [1.29, 1.82) is 0 Å². The van der Waals surface area contributed by atoms with Gasteiger partial charge in [-0.25, -0.2) is 0 Å². The van der Waals surface area contributed by atoms with Crippen LogP contribution in [0.1, 0.15) is 34.6 Å². The Morgan fingerprint density at radius 2 is 1.60 bits per heavy atom. The van der Waals surface area contributed by atoms with Gasteiger partial charge in [0.25, 0.3) is 0 Å². The van der Waals surface area contributed by atoms with Gasteiger partial charge in [0.05, 0.1) is 4.58 Å². The Bertz CT molecular complexity index is 91.9. The lowest BCUT2D eigenvalue weighted by Crippen LogP contribution is -2.15. The molecule has 0 saturated carbocycles. The summed E-state index contributed by atoms with van der Waals surface area (Å²) in [6.45, 7) is 11.0. The quantitative estimate of drug-likeness (QED) is 0.620. The average molecular weight is 177 g/mol. The fourth-order valence-corrected chi connectivity index (χ4v) is 2.32. The number of hydrogen-bond acceptors (Lipinski definition) is 1. The van der Waals surface area contributed by atoms with E-state index in [0.29, 0.717) is 15.2 Å². The maximum atomic E-state index is 5.27. The van der Waals surface area contributed by atoms with Crippen LogP contribution in [0.5, 0.6) is 0 Å². The van der Waals surface area contributed by atoms with Gasteiger partial charge in [0.1, 0.15) is 0 Å². The summed E-state index contributed by atoms with van der Waals surface area (Å²) < 4.78 is 0.677.